The van der Waals surface area contributed by atoms with Gasteiger partial charge in [-0.25, -0.2) is 4.98 Å². The van der Waals surface area contributed by atoms with Crippen LogP contribution in [0.5, 0.6) is 0 Å². The van der Waals surface area contributed by atoms with Crippen molar-refractivity contribution in [1.82, 2.24) is 10.3 Å². The highest BCUT2D eigenvalue weighted by molar-refractivity contribution is 7.15. The van der Waals surface area contributed by atoms with E-state index in [1.54, 1.807) is 0 Å². The number of hydrogen-bond donors (Lipinski definition) is 1. The summed E-state index contributed by atoms with van der Waals surface area (Å²) in [6.45, 7) is 10.2. The summed E-state index contributed by atoms with van der Waals surface area (Å²) in [6, 6.07) is 0.772. The number of thiazole rings is 1. The van der Waals surface area contributed by atoms with Crippen molar-refractivity contribution in [2.75, 3.05) is 18.0 Å². The molecular formula is C17H29N3S. The molecule has 0 radical (unpaired) electrons. The average Bonchev–Trinajstić information content (AvgIpc) is 3.36. The lowest BCUT2D eigenvalue weighted by Gasteiger charge is -2.20. The second-order valence-electron chi connectivity index (χ2n) is 7.00. The van der Waals surface area contributed by atoms with Gasteiger partial charge in [-0.05, 0) is 43.9 Å². The second kappa shape index (κ2) is 6.66. The highest BCUT2D eigenvalue weighted by atomic mass is 32.1. The standard InChI is InChI=1S/C17H29N3S/c1-4-9-20(11-13-5-6-13)17-19-16(12(2)3)15(21-17)10-18-14-7-8-14/h12-14,18H,4-11H2,1-3H3. The molecule has 1 aromatic rings. The summed E-state index contributed by atoms with van der Waals surface area (Å²) < 4.78 is 0. The molecule has 1 heterocycles. The van der Waals surface area contributed by atoms with Crippen molar-refractivity contribution in [3.05, 3.63) is 10.6 Å². The summed E-state index contributed by atoms with van der Waals surface area (Å²) in [4.78, 5) is 9.01. The van der Waals surface area contributed by atoms with E-state index in [0.29, 0.717) is 5.92 Å². The number of anilines is 1. The number of nitrogens with zero attached hydrogens (tertiary/aromatic N) is 2. The normalized spacial score (nSPS) is 18.5. The summed E-state index contributed by atoms with van der Waals surface area (Å²) >= 11 is 1.93. The van der Waals surface area contributed by atoms with Gasteiger partial charge < -0.3 is 10.2 Å². The van der Waals surface area contributed by atoms with Crippen LogP contribution in [-0.4, -0.2) is 24.1 Å². The molecule has 0 unspecified atom stereocenters. The molecule has 0 amide bonds. The highest BCUT2D eigenvalue weighted by Crippen LogP contribution is 2.35. The Bertz CT molecular complexity index is 461. The highest BCUT2D eigenvalue weighted by Gasteiger charge is 2.27. The van der Waals surface area contributed by atoms with E-state index >= 15 is 0 Å². The van der Waals surface area contributed by atoms with Gasteiger partial charge in [-0.15, -0.1) is 11.3 Å². The Balaban J connectivity index is 1.73. The van der Waals surface area contributed by atoms with E-state index in [9.17, 15) is 0 Å². The van der Waals surface area contributed by atoms with Gasteiger partial charge in [0.05, 0.1) is 5.69 Å². The lowest BCUT2D eigenvalue weighted by molar-refractivity contribution is 0.678. The fourth-order valence-corrected chi connectivity index (χ4v) is 3.94. The molecule has 2 saturated carbocycles. The van der Waals surface area contributed by atoms with Crippen LogP contribution in [0.2, 0.25) is 0 Å². The van der Waals surface area contributed by atoms with E-state index in [0.717, 1.165) is 25.0 Å². The maximum atomic E-state index is 5.01. The zero-order valence-corrected chi connectivity index (χ0v) is 14.5. The molecule has 0 bridgehead atoms. The predicted molar refractivity (Wildman–Crippen MR) is 91.3 cm³/mol. The van der Waals surface area contributed by atoms with Gasteiger partial charge in [-0.3, -0.25) is 0 Å². The Hall–Kier alpha value is -0.610. The van der Waals surface area contributed by atoms with Gasteiger partial charge in [-0.2, -0.15) is 0 Å². The molecule has 21 heavy (non-hydrogen) atoms. The second-order valence-corrected chi connectivity index (χ2v) is 8.07. The molecule has 2 fully saturated rings. The van der Waals surface area contributed by atoms with E-state index in [-0.39, 0.29) is 0 Å². The monoisotopic (exact) mass is 307 g/mol. The van der Waals surface area contributed by atoms with Crippen molar-refractivity contribution in [3.8, 4) is 0 Å². The molecule has 2 aliphatic rings. The molecule has 0 aromatic carbocycles. The minimum atomic E-state index is 0.524. The van der Waals surface area contributed by atoms with E-state index in [4.69, 9.17) is 4.98 Å². The van der Waals surface area contributed by atoms with Crippen LogP contribution in [0.1, 0.15) is 69.4 Å². The number of nitrogens with one attached hydrogen (secondary N) is 1. The smallest absolute Gasteiger partial charge is 0.185 e. The molecule has 2 aliphatic carbocycles. The molecule has 0 atom stereocenters. The first-order chi connectivity index (χ1) is 10.2. The largest absolute Gasteiger partial charge is 0.348 e. The molecule has 0 aliphatic heterocycles. The van der Waals surface area contributed by atoms with Gasteiger partial charge in [0.25, 0.3) is 0 Å². The van der Waals surface area contributed by atoms with Crippen molar-refractivity contribution in [2.24, 2.45) is 5.92 Å². The maximum absolute atomic E-state index is 5.01. The van der Waals surface area contributed by atoms with Crippen molar-refractivity contribution in [2.45, 2.75) is 71.4 Å². The molecule has 3 rings (SSSR count). The Kier molecular flexibility index (Phi) is 4.85. The van der Waals surface area contributed by atoms with Crippen LogP contribution in [0, 0.1) is 5.92 Å². The fourth-order valence-electron chi connectivity index (χ4n) is 2.74. The van der Waals surface area contributed by atoms with Crippen LogP contribution in [0.15, 0.2) is 0 Å². The summed E-state index contributed by atoms with van der Waals surface area (Å²) in [5.74, 6) is 1.45. The first-order valence-corrected chi connectivity index (χ1v) is 9.47. The minimum absolute atomic E-state index is 0.524. The van der Waals surface area contributed by atoms with Gasteiger partial charge in [0.1, 0.15) is 0 Å². The van der Waals surface area contributed by atoms with E-state index in [1.807, 2.05) is 11.3 Å². The third-order valence-electron chi connectivity index (χ3n) is 4.33. The van der Waals surface area contributed by atoms with Crippen molar-refractivity contribution in [3.63, 3.8) is 0 Å². The molecule has 1 N–H and O–H groups in total. The van der Waals surface area contributed by atoms with E-state index < -0.39 is 0 Å². The maximum Gasteiger partial charge on any atom is 0.185 e. The summed E-state index contributed by atoms with van der Waals surface area (Å²) in [5.41, 5.74) is 1.32. The third-order valence-corrected chi connectivity index (χ3v) is 5.46. The molecular weight excluding hydrogens is 278 g/mol. The predicted octanol–water partition coefficient (Wildman–Crippen LogP) is 4.14. The number of aromatic nitrogens is 1. The summed E-state index contributed by atoms with van der Waals surface area (Å²) in [5, 5.41) is 4.92. The van der Waals surface area contributed by atoms with Crippen molar-refractivity contribution in [1.29, 1.82) is 0 Å². The Morgan fingerprint density at radius 3 is 2.62 bits per heavy atom. The van der Waals surface area contributed by atoms with Crippen LogP contribution in [0.4, 0.5) is 5.13 Å². The summed E-state index contributed by atoms with van der Waals surface area (Å²) in [7, 11) is 0. The molecule has 3 nitrogen and oxygen atoms in total. The fraction of sp³-hybridized carbons (Fsp3) is 0.824. The van der Waals surface area contributed by atoms with Crippen LogP contribution in [0.25, 0.3) is 0 Å². The van der Waals surface area contributed by atoms with Gasteiger partial charge in [0, 0.05) is 30.6 Å². The SMILES string of the molecule is CCCN(CC1CC1)c1nc(C(C)C)c(CNC2CC2)s1. The molecule has 0 spiro atoms. The van der Waals surface area contributed by atoms with Gasteiger partial charge in [0.15, 0.2) is 5.13 Å². The minimum Gasteiger partial charge on any atom is -0.348 e. The quantitative estimate of drug-likeness (QED) is 0.743. The first-order valence-electron chi connectivity index (χ1n) is 8.65. The average molecular weight is 308 g/mol. The Morgan fingerprint density at radius 2 is 2.05 bits per heavy atom. The molecule has 1 aromatic heterocycles. The molecule has 4 heteroatoms. The zero-order valence-electron chi connectivity index (χ0n) is 13.7. The number of hydrogen-bond acceptors (Lipinski definition) is 4. The zero-order chi connectivity index (χ0) is 14.8. The van der Waals surface area contributed by atoms with Gasteiger partial charge in [0.2, 0.25) is 0 Å². The third kappa shape index (κ3) is 4.19. The van der Waals surface area contributed by atoms with E-state index in [2.05, 4.69) is 31.0 Å². The van der Waals surface area contributed by atoms with Crippen molar-refractivity contribution < 1.29 is 0 Å². The van der Waals surface area contributed by atoms with Crippen molar-refractivity contribution >= 4 is 16.5 Å². The lowest BCUT2D eigenvalue weighted by Crippen LogP contribution is -2.26. The van der Waals surface area contributed by atoms with Crippen LogP contribution in [-0.2, 0) is 6.54 Å². The van der Waals surface area contributed by atoms with Gasteiger partial charge in [-0.1, -0.05) is 20.8 Å². The topological polar surface area (TPSA) is 28.2 Å². The van der Waals surface area contributed by atoms with Gasteiger partial charge >= 0.3 is 0 Å². The molecule has 0 saturated heterocycles. The molecule has 118 valence electrons. The first kappa shape index (κ1) is 15.3. The van der Waals surface area contributed by atoms with Crippen LogP contribution >= 0.6 is 11.3 Å². The van der Waals surface area contributed by atoms with Crippen LogP contribution in [0.3, 0.4) is 0 Å². The van der Waals surface area contributed by atoms with Crippen LogP contribution < -0.4 is 10.2 Å². The Morgan fingerprint density at radius 1 is 1.29 bits per heavy atom. The lowest BCUT2D eigenvalue weighted by atomic mass is 10.1. The number of rotatable bonds is 9. The van der Waals surface area contributed by atoms with E-state index in [1.165, 1.54) is 54.4 Å². The Labute approximate surface area is 133 Å². The summed E-state index contributed by atoms with van der Waals surface area (Å²) in [6.07, 6.45) is 6.75.